The molecule has 0 unspecified atom stereocenters. The van der Waals surface area contributed by atoms with E-state index in [4.69, 9.17) is 10.2 Å². The minimum Gasteiger partial charge on any atom is -0.506 e. The molecular weight excluding hydrogens is 137 g/mol. The van der Waals surface area contributed by atoms with Gasteiger partial charge in [0.15, 0.2) is 5.82 Å². The van der Waals surface area contributed by atoms with Crippen LogP contribution in [0.1, 0.15) is 5.69 Å². The minimum atomic E-state index is -0.692. The zero-order valence-corrected chi connectivity index (χ0v) is 5.08. The second-order valence-electron chi connectivity index (χ2n) is 1.78. The van der Waals surface area contributed by atoms with Crippen LogP contribution in [0.3, 0.4) is 0 Å². The first-order valence-corrected chi connectivity index (χ1v) is 2.68. The molecule has 4 heteroatoms. The number of halogens is 1. The summed E-state index contributed by atoms with van der Waals surface area (Å²) in [6.45, 7) is -0.452. The van der Waals surface area contributed by atoms with Gasteiger partial charge in [-0.25, -0.2) is 4.39 Å². The van der Waals surface area contributed by atoms with E-state index in [-0.39, 0.29) is 11.4 Å². The molecule has 0 aliphatic rings. The van der Waals surface area contributed by atoms with Crippen LogP contribution in [0.5, 0.6) is 5.75 Å². The lowest BCUT2D eigenvalue weighted by Crippen LogP contribution is -1.92. The maximum atomic E-state index is 12.5. The van der Waals surface area contributed by atoms with Gasteiger partial charge in [0.25, 0.3) is 0 Å². The van der Waals surface area contributed by atoms with Gasteiger partial charge in [-0.05, 0) is 0 Å². The lowest BCUT2D eigenvalue weighted by atomic mass is 10.3. The summed E-state index contributed by atoms with van der Waals surface area (Å²) in [5, 5.41) is 17.1. The molecule has 3 nitrogen and oxygen atoms in total. The van der Waals surface area contributed by atoms with Gasteiger partial charge in [0.05, 0.1) is 12.8 Å². The number of nitrogens with zero attached hydrogens (tertiary/aromatic N) is 1. The van der Waals surface area contributed by atoms with Crippen LogP contribution in [0.2, 0.25) is 0 Å². The number of hydrogen-bond donors (Lipinski definition) is 2. The number of aliphatic hydroxyl groups excluding tert-OH is 1. The fourth-order valence-electron chi connectivity index (χ4n) is 0.572. The van der Waals surface area contributed by atoms with Crippen molar-refractivity contribution in [1.82, 2.24) is 4.98 Å². The summed E-state index contributed by atoms with van der Waals surface area (Å²) in [5.41, 5.74) is -0.0576. The normalized spacial score (nSPS) is 9.80. The van der Waals surface area contributed by atoms with Crippen molar-refractivity contribution < 1.29 is 14.6 Å². The molecule has 0 saturated heterocycles. The van der Waals surface area contributed by atoms with Crippen LogP contribution in [0.25, 0.3) is 0 Å². The SMILES string of the molecule is OCc1ncc(O)cc1F. The van der Waals surface area contributed by atoms with Gasteiger partial charge in [-0.15, -0.1) is 0 Å². The highest BCUT2D eigenvalue weighted by molar-refractivity contribution is 5.19. The maximum absolute atomic E-state index is 12.5. The molecule has 1 heterocycles. The number of rotatable bonds is 1. The topological polar surface area (TPSA) is 53.4 Å². The van der Waals surface area contributed by atoms with E-state index in [1.807, 2.05) is 0 Å². The van der Waals surface area contributed by atoms with E-state index < -0.39 is 12.4 Å². The highest BCUT2D eigenvalue weighted by Gasteiger charge is 2.01. The molecule has 10 heavy (non-hydrogen) atoms. The zero-order valence-electron chi connectivity index (χ0n) is 5.08. The van der Waals surface area contributed by atoms with E-state index in [1.165, 1.54) is 0 Å². The van der Waals surface area contributed by atoms with Crippen molar-refractivity contribution in [3.63, 3.8) is 0 Å². The van der Waals surface area contributed by atoms with Crippen molar-refractivity contribution in [3.05, 3.63) is 23.8 Å². The molecule has 0 saturated carbocycles. The van der Waals surface area contributed by atoms with E-state index in [0.29, 0.717) is 0 Å². The molecule has 54 valence electrons. The van der Waals surface area contributed by atoms with Gasteiger partial charge in [0.1, 0.15) is 11.4 Å². The Kier molecular flexibility index (Phi) is 1.82. The van der Waals surface area contributed by atoms with Crippen LogP contribution >= 0.6 is 0 Å². The molecular formula is C6H6FNO2. The summed E-state index contributed by atoms with van der Waals surface area (Å²) in [6, 6.07) is 0.901. The first kappa shape index (κ1) is 6.95. The molecule has 0 spiro atoms. The molecule has 0 fully saturated rings. The summed E-state index contributed by atoms with van der Waals surface area (Å²) in [4.78, 5) is 3.42. The Hall–Kier alpha value is -1.16. The quantitative estimate of drug-likeness (QED) is 0.599. The Bertz CT molecular complexity index is 239. The van der Waals surface area contributed by atoms with Crippen LogP contribution in [0.4, 0.5) is 4.39 Å². The second-order valence-corrected chi connectivity index (χ2v) is 1.78. The van der Waals surface area contributed by atoms with Crippen LogP contribution in [0, 0.1) is 5.82 Å². The van der Waals surface area contributed by atoms with Gasteiger partial charge in [0, 0.05) is 6.07 Å². The Morgan fingerprint density at radius 3 is 2.80 bits per heavy atom. The van der Waals surface area contributed by atoms with Crippen LogP contribution in [0.15, 0.2) is 12.3 Å². The van der Waals surface area contributed by atoms with Crippen LogP contribution in [-0.2, 0) is 6.61 Å². The molecule has 0 atom stereocenters. The predicted molar refractivity (Wildman–Crippen MR) is 31.8 cm³/mol. The Balaban J connectivity index is 3.07. The number of hydrogen-bond acceptors (Lipinski definition) is 3. The molecule has 0 aliphatic heterocycles. The third kappa shape index (κ3) is 1.22. The minimum absolute atomic E-state index is 0.0576. The monoisotopic (exact) mass is 143 g/mol. The van der Waals surface area contributed by atoms with Gasteiger partial charge in [-0.2, -0.15) is 0 Å². The molecule has 1 rings (SSSR count). The smallest absolute Gasteiger partial charge is 0.150 e. The van der Waals surface area contributed by atoms with Gasteiger partial charge in [-0.3, -0.25) is 4.98 Å². The average Bonchev–Trinajstić information content (AvgIpc) is 1.88. The summed E-state index contributed by atoms with van der Waals surface area (Å²) in [6.07, 6.45) is 1.08. The summed E-state index contributed by atoms with van der Waals surface area (Å²) < 4.78 is 12.5. The molecule has 2 N–H and O–H groups in total. The summed E-state index contributed by atoms with van der Waals surface area (Å²) >= 11 is 0. The van der Waals surface area contributed by atoms with E-state index in [2.05, 4.69) is 4.98 Å². The van der Waals surface area contributed by atoms with Crippen molar-refractivity contribution in [2.75, 3.05) is 0 Å². The second kappa shape index (κ2) is 2.62. The molecule has 0 amide bonds. The van der Waals surface area contributed by atoms with Crippen LogP contribution in [-0.4, -0.2) is 15.2 Å². The Labute approximate surface area is 56.8 Å². The van der Waals surface area contributed by atoms with Crippen molar-refractivity contribution in [2.45, 2.75) is 6.61 Å². The highest BCUT2D eigenvalue weighted by Crippen LogP contribution is 2.10. The molecule has 0 bridgehead atoms. The lowest BCUT2D eigenvalue weighted by Gasteiger charge is -1.96. The van der Waals surface area contributed by atoms with Crippen molar-refractivity contribution in [3.8, 4) is 5.75 Å². The van der Waals surface area contributed by atoms with Gasteiger partial charge in [-0.1, -0.05) is 0 Å². The summed E-state index contributed by atoms with van der Waals surface area (Å²) in [7, 11) is 0. The highest BCUT2D eigenvalue weighted by atomic mass is 19.1. The number of aromatic hydroxyl groups is 1. The van der Waals surface area contributed by atoms with Gasteiger partial charge >= 0.3 is 0 Å². The van der Waals surface area contributed by atoms with E-state index in [1.54, 1.807) is 0 Å². The number of aliphatic hydroxyl groups is 1. The molecule has 0 aromatic carbocycles. The van der Waals surface area contributed by atoms with E-state index >= 15 is 0 Å². The fraction of sp³-hybridized carbons (Fsp3) is 0.167. The van der Waals surface area contributed by atoms with Crippen molar-refractivity contribution in [2.24, 2.45) is 0 Å². The Morgan fingerprint density at radius 1 is 1.60 bits per heavy atom. The van der Waals surface area contributed by atoms with E-state index in [9.17, 15) is 4.39 Å². The summed E-state index contributed by atoms with van der Waals surface area (Å²) in [5.74, 6) is -0.933. The average molecular weight is 143 g/mol. The number of pyridine rings is 1. The molecule has 0 radical (unpaired) electrons. The number of aromatic nitrogens is 1. The largest absolute Gasteiger partial charge is 0.506 e. The van der Waals surface area contributed by atoms with Gasteiger partial charge in [0.2, 0.25) is 0 Å². The van der Waals surface area contributed by atoms with Crippen LogP contribution < -0.4 is 0 Å². The zero-order chi connectivity index (χ0) is 7.56. The van der Waals surface area contributed by atoms with Crippen molar-refractivity contribution in [1.29, 1.82) is 0 Å². The first-order chi connectivity index (χ1) is 4.74. The lowest BCUT2D eigenvalue weighted by molar-refractivity contribution is 0.269. The Morgan fingerprint density at radius 2 is 2.30 bits per heavy atom. The fourth-order valence-corrected chi connectivity index (χ4v) is 0.572. The standard InChI is InChI=1S/C6H6FNO2/c7-5-1-4(10)2-8-6(5)3-9/h1-2,9-10H,3H2. The molecule has 1 aromatic rings. The molecule has 0 aliphatic carbocycles. The third-order valence-corrected chi connectivity index (χ3v) is 1.05. The van der Waals surface area contributed by atoms with Crippen molar-refractivity contribution >= 4 is 0 Å². The predicted octanol–water partition coefficient (Wildman–Crippen LogP) is 0.419. The van der Waals surface area contributed by atoms with Gasteiger partial charge < -0.3 is 10.2 Å². The third-order valence-electron chi connectivity index (χ3n) is 1.05. The first-order valence-electron chi connectivity index (χ1n) is 2.68. The van der Waals surface area contributed by atoms with E-state index in [0.717, 1.165) is 12.3 Å². The molecule has 1 aromatic heterocycles. The maximum Gasteiger partial charge on any atom is 0.150 e.